The zero-order chi connectivity index (χ0) is 32.1. The molecule has 0 aliphatic rings. The number of aromatic nitrogens is 2. The van der Waals surface area contributed by atoms with Crippen molar-refractivity contribution in [3.63, 3.8) is 0 Å². The first-order valence-corrected chi connectivity index (χ1v) is 16.3. The molecule has 8 rings (SSSR count). The molecule has 0 aliphatic carbocycles. The van der Waals surface area contributed by atoms with Crippen LogP contribution in [0, 0.1) is 6.92 Å². The molecule has 0 N–H and O–H groups in total. The summed E-state index contributed by atoms with van der Waals surface area (Å²) in [6, 6.07) is 50.2. The van der Waals surface area contributed by atoms with Gasteiger partial charge in [0.15, 0.2) is 0 Å². The van der Waals surface area contributed by atoms with Gasteiger partial charge >= 0.3 is 0 Å². The summed E-state index contributed by atoms with van der Waals surface area (Å²) in [4.78, 5) is 10.3. The van der Waals surface area contributed by atoms with Gasteiger partial charge in [0.25, 0.3) is 0 Å². The lowest BCUT2D eigenvalue weighted by atomic mass is 9.80. The first-order valence-electron chi connectivity index (χ1n) is 16.3. The van der Waals surface area contributed by atoms with Crippen molar-refractivity contribution in [2.24, 2.45) is 0 Å². The van der Waals surface area contributed by atoms with Gasteiger partial charge in [0.05, 0.1) is 11.0 Å². The zero-order valence-electron chi connectivity index (χ0n) is 27.3. The predicted octanol–water partition coefficient (Wildman–Crippen LogP) is 12.2. The van der Waals surface area contributed by atoms with Crippen molar-refractivity contribution in [3.8, 4) is 44.5 Å². The van der Waals surface area contributed by atoms with Crippen LogP contribution in [0.5, 0.6) is 0 Å². The number of nitrogens with zero attached hydrogens (tertiary/aromatic N) is 2. The number of benzene rings is 6. The topological polar surface area (TPSA) is 25.8 Å². The van der Waals surface area contributed by atoms with Gasteiger partial charge in [0, 0.05) is 33.4 Å². The molecule has 2 nitrogen and oxygen atoms in total. The second-order valence-corrected chi connectivity index (χ2v) is 13.5. The van der Waals surface area contributed by atoms with E-state index in [9.17, 15) is 0 Å². The van der Waals surface area contributed by atoms with Gasteiger partial charge in [0.2, 0.25) is 0 Å². The highest BCUT2D eigenvalue weighted by atomic mass is 14.7. The second-order valence-electron chi connectivity index (χ2n) is 13.5. The number of hydrogen-bond donors (Lipinski definition) is 0. The lowest BCUT2D eigenvalue weighted by Gasteiger charge is -2.24. The second kappa shape index (κ2) is 11.3. The van der Waals surface area contributed by atoms with Crippen molar-refractivity contribution in [2.75, 3.05) is 0 Å². The van der Waals surface area contributed by atoms with E-state index in [0.717, 1.165) is 32.9 Å². The van der Waals surface area contributed by atoms with Crippen molar-refractivity contribution in [2.45, 2.75) is 33.1 Å². The molecule has 2 heteroatoms. The molecule has 0 amide bonds. The molecule has 0 saturated carbocycles. The number of hydrogen-bond acceptors (Lipinski definition) is 2. The summed E-state index contributed by atoms with van der Waals surface area (Å²) < 4.78 is 0. The fraction of sp³-hybridized carbons (Fsp3) is 0.111. The van der Waals surface area contributed by atoms with E-state index >= 15 is 0 Å². The van der Waals surface area contributed by atoms with Crippen LogP contribution in [0.1, 0.15) is 32.0 Å². The molecule has 0 spiro atoms. The van der Waals surface area contributed by atoms with Crippen molar-refractivity contribution < 1.29 is 0 Å². The molecule has 0 radical (unpaired) electrons. The molecule has 226 valence electrons. The largest absolute Gasteiger partial charge is 0.256 e. The van der Waals surface area contributed by atoms with Gasteiger partial charge in [-0.1, -0.05) is 130 Å². The van der Waals surface area contributed by atoms with E-state index < -0.39 is 0 Å². The van der Waals surface area contributed by atoms with Crippen molar-refractivity contribution >= 4 is 32.6 Å². The number of rotatable bonds is 4. The standard InChI is InChI=1S/C45H36N2/c1-29-25-39(35-20-12-18-33(27-35)31-15-9-6-10-16-31)37-21-22-38-42(44(37)47-29)41(45(2,3)4)28-40-36(23-24-46-43(38)40)34-19-11-17-32(26-34)30-13-7-5-8-14-30/h5-28H,1-4H3. The predicted molar refractivity (Wildman–Crippen MR) is 200 cm³/mol. The maximum atomic E-state index is 5.25. The highest BCUT2D eigenvalue weighted by Crippen LogP contribution is 2.43. The van der Waals surface area contributed by atoms with E-state index in [1.165, 1.54) is 55.5 Å². The van der Waals surface area contributed by atoms with E-state index in [1.54, 1.807) is 0 Å². The Balaban J connectivity index is 1.38. The fourth-order valence-corrected chi connectivity index (χ4v) is 7.02. The molecule has 0 unspecified atom stereocenters. The van der Waals surface area contributed by atoms with Crippen molar-refractivity contribution in [1.29, 1.82) is 0 Å². The van der Waals surface area contributed by atoms with Crippen LogP contribution in [0.3, 0.4) is 0 Å². The molecule has 8 aromatic rings. The first-order chi connectivity index (χ1) is 22.8. The molecule has 2 heterocycles. The van der Waals surface area contributed by atoms with Crippen LogP contribution in [0.4, 0.5) is 0 Å². The summed E-state index contributed by atoms with van der Waals surface area (Å²) in [5, 5.41) is 4.65. The van der Waals surface area contributed by atoms with Crippen LogP contribution in [-0.2, 0) is 5.41 Å². The molecule has 0 saturated heterocycles. The van der Waals surface area contributed by atoms with Crippen LogP contribution in [0.15, 0.2) is 146 Å². The van der Waals surface area contributed by atoms with Crippen LogP contribution in [-0.4, -0.2) is 9.97 Å². The summed E-state index contributed by atoms with van der Waals surface area (Å²) in [7, 11) is 0. The van der Waals surface area contributed by atoms with Crippen LogP contribution >= 0.6 is 0 Å². The Labute approximate surface area is 276 Å². The van der Waals surface area contributed by atoms with Gasteiger partial charge in [-0.2, -0.15) is 0 Å². The first kappa shape index (κ1) is 28.8. The quantitative estimate of drug-likeness (QED) is 0.187. The van der Waals surface area contributed by atoms with Crippen LogP contribution in [0.2, 0.25) is 0 Å². The summed E-state index contributed by atoms with van der Waals surface area (Å²) in [6.07, 6.45) is 1.96. The van der Waals surface area contributed by atoms with Crippen LogP contribution in [0.25, 0.3) is 77.1 Å². The number of fused-ring (bicyclic) bond motifs is 5. The molecule has 0 bridgehead atoms. The minimum absolute atomic E-state index is 0.126. The van der Waals surface area contributed by atoms with Crippen molar-refractivity contribution in [1.82, 2.24) is 9.97 Å². The van der Waals surface area contributed by atoms with Gasteiger partial charge in [0.1, 0.15) is 0 Å². The normalized spacial score (nSPS) is 11.8. The van der Waals surface area contributed by atoms with Gasteiger partial charge < -0.3 is 0 Å². The average molecular weight is 605 g/mol. The van der Waals surface area contributed by atoms with Gasteiger partial charge in [-0.05, 0) is 92.7 Å². The molecule has 47 heavy (non-hydrogen) atoms. The minimum atomic E-state index is -0.126. The van der Waals surface area contributed by atoms with E-state index in [0.29, 0.717) is 0 Å². The fourth-order valence-electron chi connectivity index (χ4n) is 7.02. The zero-order valence-corrected chi connectivity index (χ0v) is 27.3. The van der Waals surface area contributed by atoms with Gasteiger partial charge in [-0.25, -0.2) is 0 Å². The summed E-state index contributed by atoms with van der Waals surface area (Å²) in [6.45, 7) is 9.02. The summed E-state index contributed by atoms with van der Waals surface area (Å²) in [5.74, 6) is 0. The smallest absolute Gasteiger partial charge is 0.0793 e. The molecular weight excluding hydrogens is 569 g/mol. The van der Waals surface area contributed by atoms with E-state index in [2.05, 4.69) is 167 Å². The minimum Gasteiger partial charge on any atom is -0.256 e. The van der Waals surface area contributed by atoms with E-state index in [1.807, 2.05) is 6.20 Å². The molecule has 0 fully saturated rings. The Morgan fingerprint density at radius 1 is 0.447 bits per heavy atom. The molecule has 0 atom stereocenters. The number of pyridine rings is 2. The third-order valence-electron chi connectivity index (χ3n) is 9.28. The summed E-state index contributed by atoms with van der Waals surface area (Å²) >= 11 is 0. The van der Waals surface area contributed by atoms with Gasteiger partial charge in [-0.3, -0.25) is 9.97 Å². The summed E-state index contributed by atoms with van der Waals surface area (Å²) in [5.41, 5.74) is 13.8. The highest BCUT2D eigenvalue weighted by Gasteiger charge is 2.23. The molecule has 0 aliphatic heterocycles. The Kier molecular flexibility index (Phi) is 6.95. The van der Waals surface area contributed by atoms with Gasteiger partial charge in [-0.15, -0.1) is 0 Å². The maximum Gasteiger partial charge on any atom is 0.0793 e. The van der Waals surface area contributed by atoms with E-state index in [-0.39, 0.29) is 5.41 Å². The Morgan fingerprint density at radius 2 is 1.00 bits per heavy atom. The molecule has 6 aromatic carbocycles. The average Bonchev–Trinajstić information content (AvgIpc) is 3.11. The SMILES string of the molecule is Cc1cc(-c2cccc(-c3ccccc3)c2)c2ccc3c4nccc(-c5cccc(-c6ccccc6)c5)c4cc(C(C)(C)C)c3c2n1. The number of aryl methyl sites for hydroxylation is 1. The third-order valence-corrected chi connectivity index (χ3v) is 9.28. The van der Waals surface area contributed by atoms with Crippen molar-refractivity contribution in [3.05, 3.63) is 157 Å². The maximum absolute atomic E-state index is 5.25. The Hall–Kier alpha value is -5.60. The molecule has 2 aromatic heterocycles. The molecular formula is C45H36N2. The Morgan fingerprint density at radius 3 is 1.62 bits per heavy atom. The monoisotopic (exact) mass is 604 g/mol. The third kappa shape index (κ3) is 5.16. The van der Waals surface area contributed by atoms with Crippen LogP contribution < -0.4 is 0 Å². The highest BCUT2D eigenvalue weighted by molar-refractivity contribution is 6.20. The lowest BCUT2D eigenvalue weighted by molar-refractivity contribution is 0.597. The lowest BCUT2D eigenvalue weighted by Crippen LogP contribution is -2.12. The Bertz CT molecular complexity index is 2430. The van der Waals surface area contributed by atoms with E-state index in [4.69, 9.17) is 9.97 Å².